The van der Waals surface area contributed by atoms with Gasteiger partial charge in [0.25, 0.3) is 17.4 Å². The lowest BCUT2D eigenvalue weighted by atomic mass is 9.79. The van der Waals surface area contributed by atoms with E-state index in [0.717, 1.165) is 71.1 Å². The van der Waals surface area contributed by atoms with Crippen molar-refractivity contribution >= 4 is 28.5 Å². The predicted octanol–water partition coefficient (Wildman–Crippen LogP) is 2.37. The molecule has 4 aliphatic heterocycles. The standard InChI is InChI=1S/C40H40N6O7/c1-43-19-30(26-10-12-41-18-29(26)37(43)49)25-16-33(52-2)31(34(17-25)53-3)20-44-14-11-40(21-44)22-45(23-40)13-4-5-24-6-7-27-28(15-24)39(51)46(38(27)50)32-8-9-35(47)42-36(32)48/h6-7,10,12,15-19,32,36,48H,8-9,11,13-14,20-23H2,1-3H3,(H,42,47). The maximum Gasteiger partial charge on any atom is 0.262 e. The first-order valence-corrected chi connectivity index (χ1v) is 17.7. The van der Waals surface area contributed by atoms with Gasteiger partial charge in [0.2, 0.25) is 5.91 Å². The van der Waals surface area contributed by atoms with E-state index in [2.05, 4.69) is 31.9 Å². The summed E-state index contributed by atoms with van der Waals surface area (Å²) in [6, 6.07) is 10.1. The fourth-order valence-electron chi connectivity index (χ4n) is 8.43. The van der Waals surface area contributed by atoms with Gasteiger partial charge in [-0.1, -0.05) is 11.8 Å². The molecule has 2 atom stereocenters. The Bertz CT molecular complexity index is 2280. The number of rotatable bonds is 7. The summed E-state index contributed by atoms with van der Waals surface area (Å²) in [6.07, 6.45) is 5.27. The zero-order chi connectivity index (χ0) is 37.0. The van der Waals surface area contributed by atoms with Crippen LogP contribution in [0.25, 0.3) is 21.9 Å². The molecule has 53 heavy (non-hydrogen) atoms. The van der Waals surface area contributed by atoms with E-state index in [1.807, 2.05) is 24.4 Å². The lowest BCUT2D eigenvalue weighted by molar-refractivity contribution is -0.129. The average molecular weight is 717 g/mol. The highest BCUT2D eigenvalue weighted by Crippen LogP contribution is 2.43. The fourth-order valence-corrected chi connectivity index (χ4v) is 8.43. The van der Waals surface area contributed by atoms with E-state index in [1.165, 1.54) is 0 Å². The van der Waals surface area contributed by atoms with Gasteiger partial charge in [-0.15, -0.1) is 0 Å². The van der Waals surface area contributed by atoms with Gasteiger partial charge in [0.15, 0.2) is 0 Å². The zero-order valence-electron chi connectivity index (χ0n) is 29.8. The number of carbonyl (C=O) groups is 3. The van der Waals surface area contributed by atoms with Crippen molar-refractivity contribution in [3.05, 3.63) is 87.6 Å². The van der Waals surface area contributed by atoms with Gasteiger partial charge in [0, 0.05) is 74.8 Å². The normalized spacial score (nSPS) is 21.0. The van der Waals surface area contributed by atoms with E-state index < -0.39 is 24.1 Å². The van der Waals surface area contributed by atoms with E-state index in [1.54, 1.807) is 56.4 Å². The number of nitrogens with one attached hydrogen (secondary N) is 1. The molecule has 4 aliphatic rings. The SMILES string of the molecule is COc1cc(-c2cn(C)c(=O)c3cnccc23)cc(OC)c1CN1CCC2(C1)CN(CC#Cc1ccc3c(c1)C(=O)N(C1CCC(=O)NC1O)C3=O)C2. The molecule has 0 bridgehead atoms. The Morgan fingerprint density at radius 3 is 2.42 bits per heavy atom. The number of benzene rings is 2. The van der Waals surface area contributed by atoms with Gasteiger partial charge < -0.3 is 24.5 Å². The summed E-state index contributed by atoms with van der Waals surface area (Å²) in [5.41, 5.74) is 4.04. The second-order valence-electron chi connectivity index (χ2n) is 14.5. The molecular formula is C40H40N6O7. The Hall–Kier alpha value is -5.55. The molecule has 2 aromatic carbocycles. The average Bonchev–Trinajstić information content (AvgIpc) is 3.67. The fraction of sp³-hybridized carbons (Fsp3) is 0.375. The molecule has 272 valence electrons. The van der Waals surface area contributed by atoms with Crippen LogP contribution >= 0.6 is 0 Å². The number of pyridine rings is 2. The number of hydrogen-bond donors (Lipinski definition) is 2. The van der Waals surface area contributed by atoms with Crippen LogP contribution < -0.4 is 20.3 Å². The van der Waals surface area contributed by atoms with Crippen LogP contribution in [0.1, 0.15) is 51.1 Å². The summed E-state index contributed by atoms with van der Waals surface area (Å²) >= 11 is 0. The monoisotopic (exact) mass is 716 g/mol. The molecule has 13 heteroatoms. The molecule has 2 aromatic heterocycles. The quantitative estimate of drug-likeness (QED) is 0.216. The van der Waals surface area contributed by atoms with Gasteiger partial charge in [0.1, 0.15) is 17.7 Å². The van der Waals surface area contributed by atoms with Crippen molar-refractivity contribution in [2.75, 3.05) is 46.9 Å². The third kappa shape index (κ3) is 6.12. The summed E-state index contributed by atoms with van der Waals surface area (Å²) in [7, 11) is 5.07. The highest BCUT2D eigenvalue weighted by Gasteiger charge is 2.47. The van der Waals surface area contributed by atoms with Gasteiger partial charge in [-0.3, -0.25) is 38.9 Å². The number of carbonyl (C=O) groups excluding carboxylic acids is 3. The first-order valence-electron chi connectivity index (χ1n) is 17.7. The summed E-state index contributed by atoms with van der Waals surface area (Å²) in [5.74, 6) is 6.60. The van der Waals surface area contributed by atoms with Gasteiger partial charge in [-0.2, -0.15) is 0 Å². The van der Waals surface area contributed by atoms with E-state index in [4.69, 9.17) is 9.47 Å². The number of fused-ring (bicyclic) bond motifs is 2. The van der Waals surface area contributed by atoms with Crippen molar-refractivity contribution in [1.29, 1.82) is 0 Å². The molecule has 0 aliphatic carbocycles. The van der Waals surface area contributed by atoms with Crippen LogP contribution in [0.5, 0.6) is 11.5 Å². The highest BCUT2D eigenvalue weighted by molar-refractivity contribution is 6.21. The molecule has 0 radical (unpaired) electrons. The maximum atomic E-state index is 13.2. The van der Waals surface area contributed by atoms with E-state index >= 15 is 0 Å². The van der Waals surface area contributed by atoms with Crippen LogP contribution in [0.4, 0.5) is 0 Å². The minimum Gasteiger partial charge on any atom is -0.496 e. The van der Waals surface area contributed by atoms with E-state index in [0.29, 0.717) is 24.0 Å². The van der Waals surface area contributed by atoms with Crippen molar-refractivity contribution in [1.82, 2.24) is 29.6 Å². The van der Waals surface area contributed by atoms with Crippen LogP contribution in [0.3, 0.4) is 0 Å². The Kier molecular flexibility index (Phi) is 8.77. The number of amides is 3. The van der Waals surface area contributed by atoms with Crippen LogP contribution in [0.15, 0.2) is 59.8 Å². The summed E-state index contributed by atoms with van der Waals surface area (Å²) in [5, 5.41) is 14.1. The number of methoxy groups -OCH3 is 2. The number of piperidine rings is 1. The van der Waals surface area contributed by atoms with E-state index in [9.17, 15) is 24.3 Å². The summed E-state index contributed by atoms with van der Waals surface area (Å²) in [6.45, 7) is 5.04. The molecule has 13 nitrogen and oxygen atoms in total. The van der Waals surface area contributed by atoms with Crippen molar-refractivity contribution < 1.29 is 29.0 Å². The second-order valence-corrected chi connectivity index (χ2v) is 14.5. The first kappa shape index (κ1) is 34.5. The van der Waals surface area contributed by atoms with E-state index in [-0.39, 0.29) is 40.8 Å². The predicted molar refractivity (Wildman–Crippen MR) is 195 cm³/mol. The number of likely N-dealkylation sites (tertiary alicyclic amines) is 2. The molecular weight excluding hydrogens is 676 g/mol. The highest BCUT2D eigenvalue weighted by atomic mass is 16.5. The van der Waals surface area contributed by atoms with Crippen molar-refractivity contribution in [2.24, 2.45) is 12.5 Å². The number of aliphatic hydroxyl groups excluding tert-OH is 1. The number of imide groups is 1. The van der Waals surface area contributed by atoms with Crippen molar-refractivity contribution in [3.63, 3.8) is 0 Å². The van der Waals surface area contributed by atoms with Gasteiger partial charge >= 0.3 is 0 Å². The van der Waals surface area contributed by atoms with Crippen LogP contribution in [-0.4, -0.2) is 106 Å². The Morgan fingerprint density at radius 2 is 1.68 bits per heavy atom. The third-order valence-electron chi connectivity index (χ3n) is 11.0. The molecule has 6 heterocycles. The molecule has 2 unspecified atom stereocenters. The van der Waals surface area contributed by atoms with Gasteiger partial charge in [-0.25, -0.2) is 0 Å². The van der Waals surface area contributed by atoms with Crippen LogP contribution in [0, 0.1) is 17.3 Å². The molecule has 3 amide bonds. The second kappa shape index (κ2) is 13.5. The number of hydrogen-bond acceptors (Lipinski definition) is 10. The molecule has 0 saturated carbocycles. The largest absolute Gasteiger partial charge is 0.496 e. The van der Waals surface area contributed by atoms with Crippen LogP contribution in [0.2, 0.25) is 0 Å². The lowest BCUT2D eigenvalue weighted by Crippen LogP contribution is -2.57. The Morgan fingerprint density at radius 1 is 0.943 bits per heavy atom. The number of nitrogens with zero attached hydrogens (tertiary/aromatic N) is 5. The maximum absolute atomic E-state index is 13.2. The van der Waals surface area contributed by atoms with Crippen molar-refractivity contribution in [2.45, 2.75) is 38.1 Å². The number of aromatic nitrogens is 2. The Balaban J connectivity index is 0.904. The number of aryl methyl sites for hydroxylation is 1. The Labute approximate surface area is 306 Å². The third-order valence-corrected chi connectivity index (χ3v) is 11.0. The lowest BCUT2D eigenvalue weighted by Gasteiger charge is -2.47. The molecule has 3 saturated heterocycles. The number of ether oxygens (including phenoxy) is 2. The summed E-state index contributed by atoms with van der Waals surface area (Å²) < 4.78 is 13.4. The summed E-state index contributed by atoms with van der Waals surface area (Å²) in [4.78, 5) is 60.6. The molecule has 2 N–H and O–H groups in total. The zero-order valence-corrected chi connectivity index (χ0v) is 29.8. The minimum absolute atomic E-state index is 0.101. The van der Waals surface area contributed by atoms with Gasteiger partial charge in [-0.05, 0) is 66.7 Å². The van der Waals surface area contributed by atoms with Crippen LogP contribution in [-0.2, 0) is 18.4 Å². The molecule has 4 aromatic rings. The van der Waals surface area contributed by atoms with Gasteiger partial charge in [0.05, 0.1) is 48.9 Å². The minimum atomic E-state index is -1.29. The molecule has 3 fully saturated rings. The smallest absolute Gasteiger partial charge is 0.262 e. The molecule has 8 rings (SSSR count). The van der Waals surface area contributed by atoms with Crippen molar-refractivity contribution in [3.8, 4) is 34.5 Å². The molecule has 1 spiro atoms. The topological polar surface area (TPSA) is 147 Å². The number of aliphatic hydroxyl groups is 1. The first-order chi connectivity index (χ1) is 25.6.